The van der Waals surface area contributed by atoms with E-state index in [1.807, 2.05) is 38.2 Å². The van der Waals surface area contributed by atoms with Gasteiger partial charge in [-0.3, -0.25) is 4.79 Å². The predicted molar refractivity (Wildman–Crippen MR) is 99.9 cm³/mol. The van der Waals surface area contributed by atoms with Gasteiger partial charge in [0.25, 0.3) is 15.8 Å². The molecular weight excluding hydrogens is 354 g/mol. The number of nitrogens with zero attached hydrogens (tertiary/aromatic N) is 3. The van der Waals surface area contributed by atoms with E-state index >= 15 is 0 Å². The molecule has 0 radical (unpaired) electrons. The highest BCUT2D eigenvalue weighted by molar-refractivity contribution is 7.87. The molecule has 140 valence electrons. The van der Waals surface area contributed by atoms with Crippen molar-refractivity contribution in [2.75, 3.05) is 33.2 Å². The van der Waals surface area contributed by atoms with Gasteiger partial charge in [-0.2, -0.15) is 17.4 Å². The molecule has 1 saturated heterocycles. The lowest BCUT2D eigenvalue weighted by atomic mass is 10.1. The molecular formula is C17H23N5O3S. The van der Waals surface area contributed by atoms with E-state index in [9.17, 15) is 13.2 Å². The van der Waals surface area contributed by atoms with Gasteiger partial charge in [-0.05, 0) is 20.0 Å². The molecule has 1 aliphatic rings. The number of likely N-dealkylation sites (N-methyl/N-ethyl adjacent to an activating group) is 1. The molecule has 0 aliphatic carbocycles. The topological polar surface area (TPSA) is 98.4 Å². The Kier molecular flexibility index (Phi) is 5.52. The normalized spacial score (nSPS) is 16.7. The summed E-state index contributed by atoms with van der Waals surface area (Å²) < 4.78 is 28.8. The van der Waals surface area contributed by atoms with Crippen LogP contribution >= 0.6 is 0 Å². The van der Waals surface area contributed by atoms with Gasteiger partial charge in [-0.25, -0.2) is 4.98 Å². The van der Waals surface area contributed by atoms with E-state index in [2.05, 4.69) is 19.6 Å². The second-order valence-electron chi connectivity index (χ2n) is 6.48. The molecule has 8 nitrogen and oxygen atoms in total. The quantitative estimate of drug-likeness (QED) is 0.782. The Hall–Kier alpha value is -2.07. The van der Waals surface area contributed by atoms with E-state index < -0.39 is 10.2 Å². The molecule has 2 N–H and O–H groups in total. The third-order valence-corrected chi connectivity index (χ3v) is 5.88. The number of nitrogens with one attached hydrogen (secondary N) is 2. The first-order valence-corrected chi connectivity index (χ1v) is 9.88. The van der Waals surface area contributed by atoms with Crippen LogP contribution in [0.3, 0.4) is 0 Å². The van der Waals surface area contributed by atoms with Gasteiger partial charge in [0.1, 0.15) is 5.82 Å². The third kappa shape index (κ3) is 4.55. The van der Waals surface area contributed by atoms with Crippen LogP contribution in [0, 0.1) is 6.92 Å². The predicted octanol–water partition coefficient (Wildman–Crippen LogP) is 0.327. The van der Waals surface area contributed by atoms with E-state index in [0.717, 1.165) is 11.1 Å². The molecule has 26 heavy (non-hydrogen) atoms. The minimum Gasteiger partial charge on any atom is -0.307 e. The number of aryl methyl sites for hydroxylation is 1. The van der Waals surface area contributed by atoms with Crippen molar-refractivity contribution in [3.05, 3.63) is 51.9 Å². The second-order valence-corrected chi connectivity index (χ2v) is 8.24. The van der Waals surface area contributed by atoms with Crippen molar-refractivity contribution in [2.45, 2.75) is 13.5 Å². The van der Waals surface area contributed by atoms with Gasteiger partial charge in [-0.1, -0.05) is 23.8 Å². The van der Waals surface area contributed by atoms with Crippen LogP contribution in [-0.4, -0.2) is 60.8 Å². The summed E-state index contributed by atoms with van der Waals surface area (Å²) in [4.78, 5) is 21.1. The molecule has 2 aromatic rings. The summed E-state index contributed by atoms with van der Waals surface area (Å²) in [7, 11) is -1.63. The van der Waals surface area contributed by atoms with Gasteiger partial charge >= 0.3 is 0 Å². The molecule has 0 saturated carbocycles. The molecule has 2 heterocycles. The van der Waals surface area contributed by atoms with Gasteiger partial charge < -0.3 is 9.88 Å². The van der Waals surface area contributed by atoms with Gasteiger partial charge in [0.05, 0.1) is 12.2 Å². The Morgan fingerprint density at radius 1 is 1.19 bits per heavy atom. The number of benzene rings is 1. The van der Waals surface area contributed by atoms with Crippen LogP contribution in [0.25, 0.3) is 11.4 Å². The second kappa shape index (κ2) is 7.67. The fourth-order valence-corrected chi connectivity index (χ4v) is 3.97. The zero-order chi connectivity index (χ0) is 18.7. The first-order valence-electron chi connectivity index (χ1n) is 8.44. The lowest BCUT2D eigenvalue weighted by molar-refractivity contribution is 0.221. The molecule has 0 spiro atoms. The standard InChI is InChI=1S/C17H23N5O3S/c1-13-4-3-5-14(10-13)17-19-15(11-16(23)20-17)12-18-26(24,25)22-8-6-21(2)7-9-22/h3-5,10-11,18H,6-9,12H2,1-2H3,(H,19,20,23). The van der Waals surface area contributed by atoms with Gasteiger partial charge in [0.2, 0.25) is 0 Å². The maximum absolute atomic E-state index is 12.4. The van der Waals surface area contributed by atoms with Crippen molar-refractivity contribution in [2.24, 2.45) is 0 Å². The average molecular weight is 377 g/mol. The van der Waals surface area contributed by atoms with E-state index in [1.165, 1.54) is 10.4 Å². The van der Waals surface area contributed by atoms with Crippen LogP contribution in [0.4, 0.5) is 0 Å². The third-order valence-electron chi connectivity index (χ3n) is 4.32. The van der Waals surface area contributed by atoms with Crippen molar-refractivity contribution >= 4 is 10.2 Å². The fraction of sp³-hybridized carbons (Fsp3) is 0.412. The van der Waals surface area contributed by atoms with Crippen LogP contribution < -0.4 is 10.3 Å². The lowest BCUT2D eigenvalue weighted by Crippen LogP contribution is -2.50. The zero-order valence-electron chi connectivity index (χ0n) is 14.9. The number of hydrogen-bond donors (Lipinski definition) is 2. The number of hydrogen-bond acceptors (Lipinski definition) is 5. The van der Waals surface area contributed by atoms with E-state index in [0.29, 0.717) is 37.7 Å². The van der Waals surface area contributed by atoms with Crippen molar-refractivity contribution in [3.63, 3.8) is 0 Å². The lowest BCUT2D eigenvalue weighted by Gasteiger charge is -2.31. The van der Waals surface area contributed by atoms with Crippen LogP contribution in [0.5, 0.6) is 0 Å². The molecule has 0 atom stereocenters. The maximum atomic E-state index is 12.4. The van der Waals surface area contributed by atoms with Crippen molar-refractivity contribution < 1.29 is 8.42 Å². The highest BCUT2D eigenvalue weighted by atomic mass is 32.2. The van der Waals surface area contributed by atoms with Crippen molar-refractivity contribution in [1.29, 1.82) is 0 Å². The first kappa shape index (κ1) is 18.7. The fourth-order valence-electron chi connectivity index (χ4n) is 2.81. The van der Waals surface area contributed by atoms with Crippen LogP contribution in [0.15, 0.2) is 35.1 Å². The number of aromatic amines is 1. The summed E-state index contributed by atoms with van der Waals surface area (Å²) >= 11 is 0. The average Bonchev–Trinajstić information content (AvgIpc) is 2.60. The Bertz CT molecular complexity index is 933. The molecule has 0 amide bonds. The summed E-state index contributed by atoms with van der Waals surface area (Å²) in [5, 5.41) is 0. The Labute approximate surface area is 153 Å². The summed E-state index contributed by atoms with van der Waals surface area (Å²) in [6, 6.07) is 8.91. The smallest absolute Gasteiger partial charge is 0.279 e. The van der Waals surface area contributed by atoms with Crippen molar-refractivity contribution in [3.8, 4) is 11.4 Å². The number of aromatic nitrogens is 2. The minimum absolute atomic E-state index is 0.0303. The first-order chi connectivity index (χ1) is 12.3. The highest BCUT2D eigenvalue weighted by Crippen LogP contribution is 2.15. The summed E-state index contributed by atoms with van der Waals surface area (Å²) in [5.74, 6) is 0.426. The Morgan fingerprint density at radius 3 is 2.62 bits per heavy atom. The van der Waals surface area contributed by atoms with Gasteiger partial charge in [0, 0.05) is 37.8 Å². The molecule has 9 heteroatoms. The van der Waals surface area contributed by atoms with Crippen molar-refractivity contribution in [1.82, 2.24) is 23.9 Å². The monoisotopic (exact) mass is 377 g/mol. The highest BCUT2D eigenvalue weighted by Gasteiger charge is 2.25. The maximum Gasteiger partial charge on any atom is 0.279 e. The van der Waals surface area contributed by atoms with Crippen LogP contribution in [-0.2, 0) is 16.8 Å². The SMILES string of the molecule is Cc1cccc(-c2nc(CNS(=O)(=O)N3CCN(C)CC3)cc(=O)[nH]2)c1. The number of H-pyrrole nitrogens is 1. The van der Waals surface area contributed by atoms with Crippen LogP contribution in [0.2, 0.25) is 0 Å². The molecule has 1 aromatic heterocycles. The summed E-state index contributed by atoms with van der Waals surface area (Å²) in [6.45, 7) is 4.21. The molecule has 1 fully saturated rings. The largest absolute Gasteiger partial charge is 0.307 e. The molecule has 3 rings (SSSR count). The van der Waals surface area contributed by atoms with E-state index in [4.69, 9.17) is 0 Å². The molecule has 1 aromatic carbocycles. The van der Waals surface area contributed by atoms with Gasteiger partial charge in [-0.15, -0.1) is 0 Å². The molecule has 1 aliphatic heterocycles. The van der Waals surface area contributed by atoms with Gasteiger partial charge in [0.15, 0.2) is 0 Å². The molecule has 0 bridgehead atoms. The van der Waals surface area contributed by atoms with E-state index in [-0.39, 0.29) is 12.1 Å². The van der Waals surface area contributed by atoms with Crippen LogP contribution in [0.1, 0.15) is 11.3 Å². The number of rotatable bonds is 5. The Balaban J connectivity index is 1.75. The molecule has 0 unspecified atom stereocenters. The summed E-state index contributed by atoms with van der Waals surface area (Å²) in [5.41, 5.74) is 1.89. The zero-order valence-corrected chi connectivity index (χ0v) is 15.7. The Morgan fingerprint density at radius 2 is 1.92 bits per heavy atom. The minimum atomic E-state index is -3.60. The van der Waals surface area contributed by atoms with E-state index in [1.54, 1.807) is 0 Å². The number of piperazine rings is 1. The summed E-state index contributed by atoms with van der Waals surface area (Å²) in [6.07, 6.45) is 0.